The second kappa shape index (κ2) is 7.19. The van der Waals surface area contributed by atoms with Crippen LogP contribution < -0.4 is 15.8 Å². The number of aryl methyl sites for hydroxylation is 1. The molecule has 2 aromatic heterocycles. The van der Waals surface area contributed by atoms with Crippen molar-refractivity contribution >= 4 is 39.8 Å². The Balaban J connectivity index is 1.71. The maximum Gasteiger partial charge on any atom is 0.262 e. The van der Waals surface area contributed by atoms with Gasteiger partial charge in [-0.2, -0.15) is 0 Å². The van der Waals surface area contributed by atoms with Gasteiger partial charge in [-0.3, -0.25) is 9.59 Å². The lowest BCUT2D eigenvalue weighted by Crippen LogP contribution is -2.22. The number of hydrogen-bond donors (Lipinski definition) is 2. The molecule has 2 heterocycles. The number of fused-ring (bicyclic) bond motifs is 1. The summed E-state index contributed by atoms with van der Waals surface area (Å²) >= 11 is 7.29. The zero-order chi connectivity index (χ0) is 17.1. The van der Waals surface area contributed by atoms with Crippen molar-refractivity contribution in [3.63, 3.8) is 0 Å². The molecule has 6 nitrogen and oxygen atoms in total. The highest BCUT2D eigenvalue weighted by Gasteiger charge is 2.25. The van der Waals surface area contributed by atoms with Gasteiger partial charge in [0.1, 0.15) is 5.00 Å². The second-order valence-corrected chi connectivity index (χ2v) is 6.87. The van der Waals surface area contributed by atoms with E-state index < -0.39 is 5.91 Å². The van der Waals surface area contributed by atoms with Crippen molar-refractivity contribution in [2.45, 2.75) is 25.7 Å². The summed E-state index contributed by atoms with van der Waals surface area (Å²) in [6, 6.07) is 3.29. The van der Waals surface area contributed by atoms with Crippen molar-refractivity contribution in [3.05, 3.63) is 39.5 Å². The summed E-state index contributed by atoms with van der Waals surface area (Å²) in [6.07, 6.45) is 5.38. The molecular formula is C16H16ClN3O3S. The fourth-order valence-electron chi connectivity index (χ4n) is 2.70. The Morgan fingerprint density at radius 2 is 2.17 bits per heavy atom. The number of thiophene rings is 1. The Morgan fingerprint density at radius 1 is 1.38 bits per heavy atom. The van der Waals surface area contributed by atoms with Crippen molar-refractivity contribution in [1.82, 2.24) is 4.98 Å². The predicted molar refractivity (Wildman–Crippen MR) is 92.9 cm³/mol. The Morgan fingerprint density at radius 3 is 2.92 bits per heavy atom. The minimum absolute atomic E-state index is 0.190. The maximum atomic E-state index is 12.1. The van der Waals surface area contributed by atoms with Gasteiger partial charge in [0.2, 0.25) is 0 Å². The zero-order valence-corrected chi connectivity index (χ0v) is 14.4. The van der Waals surface area contributed by atoms with E-state index in [0.717, 1.165) is 36.1 Å². The van der Waals surface area contributed by atoms with Crippen LogP contribution in [-0.4, -0.2) is 23.4 Å². The van der Waals surface area contributed by atoms with Crippen LogP contribution in [0.3, 0.4) is 0 Å². The number of hydrogen-bond acceptors (Lipinski definition) is 5. The fourth-order valence-corrected chi connectivity index (χ4v) is 4.18. The molecule has 2 aromatic rings. The average molecular weight is 366 g/mol. The van der Waals surface area contributed by atoms with Gasteiger partial charge < -0.3 is 15.8 Å². The summed E-state index contributed by atoms with van der Waals surface area (Å²) < 4.78 is 5.36. The molecule has 3 rings (SSSR count). The minimum Gasteiger partial charge on any atom is -0.481 e. The Bertz CT molecular complexity index is 791. The number of primary amides is 1. The first-order valence-electron chi connectivity index (χ1n) is 7.53. The maximum absolute atomic E-state index is 12.1. The van der Waals surface area contributed by atoms with E-state index in [0.29, 0.717) is 16.3 Å². The number of rotatable bonds is 5. The van der Waals surface area contributed by atoms with Crippen molar-refractivity contribution in [2.24, 2.45) is 5.73 Å². The average Bonchev–Trinajstić information content (AvgIpc) is 2.92. The first-order valence-corrected chi connectivity index (χ1v) is 8.73. The number of amides is 2. The summed E-state index contributed by atoms with van der Waals surface area (Å²) in [6.45, 7) is -0.230. The van der Waals surface area contributed by atoms with Crippen LogP contribution in [0.25, 0.3) is 0 Å². The molecule has 1 aliphatic carbocycles. The van der Waals surface area contributed by atoms with E-state index in [2.05, 4.69) is 10.3 Å². The minimum atomic E-state index is -0.513. The summed E-state index contributed by atoms with van der Waals surface area (Å²) in [5, 5.41) is 3.42. The van der Waals surface area contributed by atoms with Crippen molar-refractivity contribution < 1.29 is 14.3 Å². The molecule has 0 saturated carbocycles. The highest BCUT2D eigenvalue weighted by molar-refractivity contribution is 7.17. The van der Waals surface area contributed by atoms with Crippen LogP contribution in [-0.2, 0) is 17.6 Å². The smallest absolute Gasteiger partial charge is 0.262 e. The van der Waals surface area contributed by atoms with Gasteiger partial charge in [0.25, 0.3) is 11.8 Å². The number of anilines is 1. The van der Waals surface area contributed by atoms with Gasteiger partial charge in [0.05, 0.1) is 5.56 Å². The first kappa shape index (κ1) is 16.7. The lowest BCUT2D eigenvalue weighted by Gasteiger charge is -2.11. The van der Waals surface area contributed by atoms with E-state index in [1.165, 1.54) is 17.5 Å². The van der Waals surface area contributed by atoms with Crippen LogP contribution >= 0.6 is 22.9 Å². The predicted octanol–water partition coefficient (Wildman–Crippen LogP) is 2.79. The number of aromatic nitrogens is 1. The zero-order valence-electron chi connectivity index (χ0n) is 12.8. The van der Waals surface area contributed by atoms with Crippen molar-refractivity contribution in [3.8, 4) is 5.75 Å². The molecule has 126 valence electrons. The number of nitrogens with zero attached hydrogens (tertiary/aromatic N) is 1. The lowest BCUT2D eigenvalue weighted by atomic mass is 9.95. The number of pyridine rings is 1. The van der Waals surface area contributed by atoms with Gasteiger partial charge in [0, 0.05) is 11.1 Å². The van der Waals surface area contributed by atoms with E-state index in [1.54, 1.807) is 12.1 Å². The van der Waals surface area contributed by atoms with Gasteiger partial charge in [-0.25, -0.2) is 4.98 Å². The third-order valence-corrected chi connectivity index (χ3v) is 5.25. The van der Waals surface area contributed by atoms with Gasteiger partial charge in [-0.15, -0.1) is 11.3 Å². The van der Waals surface area contributed by atoms with E-state index in [1.807, 2.05) is 0 Å². The molecule has 0 radical (unpaired) electrons. The lowest BCUT2D eigenvalue weighted by molar-refractivity contribution is -0.118. The van der Waals surface area contributed by atoms with Gasteiger partial charge in [0.15, 0.2) is 17.5 Å². The van der Waals surface area contributed by atoms with Crippen LogP contribution in [0.1, 0.15) is 33.6 Å². The molecule has 2 amide bonds. The van der Waals surface area contributed by atoms with Gasteiger partial charge in [-0.1, -0.05) is 11.6 Å². The Labute approximate surface area is 148 Å². The molecule has 0 aromatic carbocycles. The summed E-state index contributed by atoms with van der Waals surface area (Å²) in [4.78, 5) is 28.9. The Hall–Kier alpha value is -2.12. The standard InChI is InChI=1S/C16H16ClN3O3S/c17-14-10(5-3-7-19-14)23-8-12(21)20-16-13(15(18)22)9-4-1-2-6-11(9)24-16/h3,5,7H,1-2,4,6,8H2,(H2,18,22)(H,20,21). The summed E-state index contributed by atoms with van der Waals surface area (Å²) in [5.74, 6) is -0.563. The van der Waals surface area contributed by atoms with Crippen molar-refractivity contribution in [1.29, 1.82) is 0 Å². The van der Waals surface area contributed by atoms with Crippen LogP contribution in [0.5, 0.6) is 5.75 Å². The summed E-state index contributed by atoms with van der Waals surface area (Å²) in [7, 11) is 0. The van der Waals surface area contributed by atoms with Crippen LogP contribution in [0, 0.1) is 0 Å². The third kappa shape index (κ3) is 3.52. The van der Waals surface area contributed by atoms with Crippen LogP contribution in [0.2, 0.25) is 5.15 Å². The SMILES string of the molecule is NC(=O)c1c(NC(=O)COc2cccnc2Cl)sc2c1CCCC2. The molecule has 0 atom stereocenters. The molecule has 0 aliphatic heterocycles. The molecular weight excluding hydrogens is 350 g/mol. The van der Waals surface area contributed by atoms with E-state index in [4.69, 9.17) is 22.1 Å². The normalized spacial score (nSPS) is 13.2. The molecule has 8 heteroatoms. The quantitative estimate of drug-likeness (QED) is 0.796. The van der Waals surface area contributed by atoms with Crippen LogP contribution in [0.4, 0.5) is 5.00 Å². The topological polar surface area (TPSA) is 94.3 Å². The Kier molecular flexibility index (Phi) is 5.01. The molecule has 0 spiro atoms. The molecule has 0 fully saturated rings. The molecule has 0 bridgehead atoms. The first-order chi connectivity index (χ1) is 11.6. The number of nitrogens with one attached hydrogen (secondary N) is 1. The second-order valence-electron chi connectivity index (χ2n) is 5.41. The third-order valence-electron chi connectivity index (χ3n) is 3.75. The van der Waals surface area contributed by atoms with E-state index in [-0.39, 0.29) is 17.7 Å². The number of nitrogens with two attached hydrogens (primary N) is 1. The molecule has 1 aliphatic rings. The van der Waals surface area contributed by atoms with E-state index in [9.17, 15) is 9.59 Å². The monoisotopic (exact) mass is 365 g/mol. The molecule has 0 saturated heterocycles. The highest BCUT2D eigenvalue weighted by Crippen LogP contribution is 2.37. The number of carbonyl (C=O) groups is 2. The summed E-state index contributed by atoms with van der Waals surface area (Å²) in [5.41, 5.74) is 6.91. The number of carbonyl (C=O) groups excluding carboxylic acids is 2. The fraction of sp³-hybridized carbons (Fsp3) is 0.312. The van der Waals surface area contributed by atoms with E-state index >= 15 is 0 Å². The molecule has 0 unspecified atom stereocenters. The molecule has 3 N–H and O–H groups in total. The largest absolute Gasteiger partial charge is 0.481 e. The number of ether oxygens (including phenoxy) is 1. The van der Waals surface area contributed by atoms with Gasteiger partial charge in [-0.05, 0) is 43.4 Å². The van der Waals surface area contributed by atoms with Gasteiger partial charge >= 0.3 is 0 Å². The highest BCUT2D eigenvalue weighted by atomic mass is 35.5. The number of halogens is 1. The molecule has 24 heavy (non-hydrogen) atoms. The van der Waals surface area contributed by atoms with Crippen LogP contribution in [0.15, 0.2) is 18.3 Å². The van der Waals surface area contributed by atoms with Crippen molar-refractivity contribution in [2.75, 3.05) is 11.9 Å².